The van der Waals surface area contributed by atoms with Gasteiger partial charge in [0, 0.05) is 28.6 Å². The van der Waals surface area contributed by atoms with E-state index in [4.69, 9.17) is 5.11 Å². The first-order chi connectivity index (χ1) is 8.83. The van der Waals surface area contributed by atoms with Crippen molar-refractivity contribution in [3.8, 4) is 0 Å². The molecule has 1 aromatic carbocycles. The molecule has 0 spiro atoms. The Morgan fingerprint density at radius 2 is 2.00 bits per heavy atom. The third-order valence-corrected chi connectivity index (χ3v) is 5.15. The number of hydrogen-bond donors (Lipinski definition) is 3. The Labute approximate surface area is 130 Å². The van der Waals surface area contributed by atoms with Crippen molar-refractivity contribution in [2.45, 2.75) is 17.9 Å². The minimum absolute atomic E-state index is 0.200. The van der Waals surface area contributed by atoms with E-state index in [-0.39, 0.29) is 11.4 Å². The summed E-state index contributed by atoms with van der Waals surface area (Å²) >= 11 is 6.50. The number of aliphatic hydroxyl groups excluding tert-OH is 1. The van der Waals surface area contributed by atoms with Crippen molar-refractivity contribution in [2.24, 2.45) is 0 Å². The number of aliphatic hydroxyl groups is 1. The molecule has 3 N–H and O–H groups in total. The summed E-state index contributed by atoms with van der Waals surface area (Å²) in [7, 11) is -3.53. The molecule has 1 unspecified atom stereocenters. The van der Waals surface area contributed by atoms with E-state index in [2.05, 4.69) is 41.9 Å². The maximum Gasteiger partial charge on any atom is 0.241 e. The molecule has 0 bridgehead atoms. The first-order valence-corrected chi connectivity index (χ1v) is 8.73. The van der Waals surface area contributed by atoms with E-state index in [0.717, 1.165) is 4.47 Å². The molecule has 0 aliphatic heterocycles. The van der Waals surface area contributed by atoms with Gasteiger partial charge in [-0.2, -0.15) is 0 Å². The van der Waals surface area contributed by atoms with Gasteiger partial charge in [-0.25, -0.2) is 13.1 Å². The van der Waals surface area contributed by atoms with Crippen LogP contribution < -0.4 is 10.0 Å². The van der Waals surface area contributed by atoms with Gasteiger partial charge in [0.2, 0.25) is 10.0 Å². The van der Waals surface area contributed by atoms with Gasteiger partial charge >= 0.3 is 0 Å². The number of benzene rings is 1. The van der Waals surface area contributed by atoms with E-state index in [9.17, 15) is 8.42 Å². The average Bonchev–Trinajstić information content (AvgIpc) is 2.27. The summed E-state index contributed by atoms with van der Waals surface area (Å²) in [4.78, 5) is 0.200. The van der Waals surface area contributed by atoms with Gasteiger partial charge in [-0.1, -0.05) is 15.9 Å². The quantitative estimate of drug-likeness (QED) is 0.589. The first kappa shape index (κ1) is 17.1. The fourth-order valence-corrected chi connectivity index (χ4v) is 4.13. The maximum absolute atomic E-state index is 12.0. The van der Waals surface area contributed by atoms with Crippen LogP contribution in [0.4, 0.5) is 0 Å². The molecule has 19 heavy (non-hydrogen) atoms. The van der Waals surface area contributed by atoms with Crippen molar-refractivity contribution < 1.29 is 13.5 Å². The Kier molecular flexibility index (Phi) is 6.92. The number of hydrogen-bond acceptors (Lipinski definition) is 4. The molecule has 0 radical (unpaired) electrons. The van der Waals surface area contributed by atoms with Crippen LogP contribution in [0.2, 0.25) is 0 Å². The van der Waals surface area contributed by atoms with Crippen LogP contribution in [-0.4, -0.2) is 39.3 Å². The Hall–Kier alpha value is 0.01000. The van der Waals surface area contributed by atoms with Crippen molar-refractivity contribution in [1.29, 1.82) is 0 Å². The molecule has 0 aliphatic carbocycles. The van der Waals surface area contributed by atoms with Crippen LogP contribution >= 0.6 is 31.9 Å². The number of sulfonamides is 1. The summed E-state index contributed by atoms with van der Waals surface area (Å²) in [5.74, 6) is 0. The van der Waals surface area contributed by atoms with Gasteiger partial charge in [-0.15, -0.1) is 0 Å². The lowest BCUT2D eigenvalue weighted by Crippen LogP contribution is -2.34. The van der Waals surface area contributed by atoms with Gasteiger partial charge in [0.15, 0.2) is 0 Å². The van der Waals surface area contributed by atoms with Crippen LogP contribution in [0.5, 0.6) is 0 Å². The van der Waals surface area contributed by atoms with Crippen LogP contribution in [0.3, 0.4) is 0 Å². The zero-order valence-corrected chi connectivity index (χ0v) is 14.3. The molecule has 0 fully saturated rings. The second kappa shape index (κ2) is 7.70. The van der Waals surface area contributed by atoms with Crippen molar-refractivity contribution in [3.05, 3.63) is 27.1 Å². The lowest BCUT2D eigenvalue weighted by atomic mass is 10.4. The molecule has 1 aromatic rings. The zero-order valence-electron chi connectivity index (χ0n) is 10.4. The third-order valence-electron chi connectivity index (χ3n) is 2.22. The smallest absolute Gasteiger partial charge is 0.241 e. The minimum atomic E-state index is -3.53. The van der Waals surface area contributed by atoms with Gasteiger partial charge in [0.1, 0.15) is 0 Å². The normalized spacial score (nSPS) is 13.5. The Balaban J connectivity index is 2.56. The van der Waals surface area contributed by atoms with Gasteiger partial charge in [-0.05, 0) is 41.1 Å². The number of halogens is 2. The van der Waals surface area contributed by atoms with E-state index in [1.54, 1.807) is 19.1 Å². The van der Waals surface area contributed by atoms with Crippen LogP contribution in [-0.2, 0) is 10.0 Å². The highest BCUT2D eigenvalue weighted by molar-refractivity contribution is 9.11. The summed E-state index contributed by atoms with van der Waals surface area (Å²) in [5.41, 5.74) is 0. The molecule has 0 aromatic heterocycles. The summed E-state index contributed by atoms with van der Waals surface area (Å²) in [6.07, 6.45) is -0.447. The third kappa shape index (κ3) is 5.88. The predicted molar refractivity (Wildman–Crippen MR) is 81.6 cm³/mol. The van der Waals surface area contributed by atoms with E-state index >= 15 is 0 Å². The van der Waals surface area contributed by atoms with Gasteiger partial charge < -0.3 is 10.4 Å². The Morgan fingerprint density at radius 3 is 2.58 bits per heavy atom. The molecule has 8 heteroatoms. The van der Waals surface area contributed by atoms with E-state index in [1.165, 1.54) is 6.07 Å². The predicted octanol–water partition coefficient (Wildman–Crippen LogP) is 1.46. The lowest BCUT2D eigenvalue weighted by Gasteiger charge is -2.10. The fraction of sp³-hybridized carbons (Fsp3) is 0.455. The first-order valence-electron chi connectivity index (χ1n) is 5.66. The maximum atomic E-state index is 12.0. The molecule has 1 atom stereocenters. The second-order valence-corrected chi connectivity index (χ2v) is 7.53. The summed E-state index contributed by atoms with van der Waals surface area (Å²) in [6, 6.07) is 4.88. The van der Waals surface area contributed by atoms with Crippen LogP contribution in [0.15, 0.2) is 32.0 Å². The molecule has 108 valence electrons. The molecule has 0 aliphatic rings. The Bertz CT molecular complexity index is 521. The van der Waals surface area contributed by atoms with Gasteiger partial charge in [0.25, 0.3) is 0 Å². The zero-order chi connectivity index (χ0) is 14.5. The van der Waals surface area contributed by atoms with E-state index in [1.807, 2.05) is 0 Å². The molecule has 5 nitrogen and oxygen atoms in total. The molecule has 0 saturated carbocycles. The molecular formula is C11H16Br2N2O3S. The number of nitrogens with one attached hydrogen (secondary N) is 2. The van der Waals surface area contributed by atoms with Crippen LogP contribution in [0.25, 0.3) is 0 Å². The largest absolute Gasteiger partial charge is 0.392 e. The van der Waals surface area contributed by atoms with E-state index < -0.39 is 16.1 Å². The summed E-state index contributed by atoms with van der Waals surface area (Å²) < 4.78 is 27.9. The molecular weight excluding hydrogens is 400 g/mol. The highest BCUT2D eigenvalue weighted by Gasteiger charge is 2.16. The van der Waals surface area contributed by atoms with E-state index in [0.29, 0.717) is 17.6 Å². The van der Waals surface area contributed by atoms with Crippen molar-refractivity contribution in [3.63, 3.8) is 0 Å². The van der Waals surface area contributed by atoms with Gasteiger partial charge in [-0.3, -0.25) is 0 Å². The molecule has 0 saturated heterocycles. The SMILES string of the molecule is CC(O)CNCCNS(=O)(=O)c1ccc(Br)cc1Br. The molecule has 1 rings (SSSR count). The fourth-order valence-electron chi connectivity index (χ4n) is 1.36. The molecule has 0 amide bonds. The van der Waals surface area contributed by atoms with Crippen LogP contribution in [0, 0.1) is 0 Å². The summed E-state index contributed by atoms with van der Waals surface area (Å²) in [6.45, 7) is 2.82. The highest BCUT2D eigenvalue weighted by Crippen LogP contribution is 2.25. The highest BCUT2D eigenvalue weighted by atomic mass is 79.9. The average molecular weight is 416 g/mol. The second-order valence-electron chi connectivity index (χ2n) is 4.03. The van der Waals surface area contributed by atoms with Crippen LogP contribution in [0.1, 0.15) is 6.92 Å². The minimum Gasteiger partial charge on any atom is -0.392 e. The summed E-state index contributed by atoms with van der Waals surface area (Å²) in [5, 5.41) is 12.0. The van der Waals surface area contributed by atoms with Gasteiger partial charge in [0.05, 0.1) is 11.0 Å². The lowest BCUT2D eigenvalue weighted by molar-refractivity contribution is 0.192. The molecule has 0 heterocycles. The van der Waals surface area contributed by atoms with Crippen molar-refractivity contribution >= 4 is 41.9 Å². The monoisotopic (exact) mass is 414 g/mol. The number of rotatable bonds is 7. The topological polar surface area (TPSA) is 78.4 Å². The standard InChI is InChI=1S/C11H16Br2N2O3S/c1-8(16)7-14-4-5-15-19(17,18)11-3-2-9(12)6-10(11)13/h2-3,6,8,14-16H,4-5,7H2,1H3. The van der Waals surface area contributed by atoms with Crippen molar-refractivity contribution in [2.75, 3.05) is 19.6 Å². The van der Waals surface area contributed by atoms with Crippen molar-refractivity contribution in [1.82, 2.24) is 10.0 Å². The Morgan fingerprint density at radius 1 is 1.32 bits per heavy atom.